The summed E-state index contributed by atoms with van der Waals surface area (Å²) < 4.78 is 18.9. The SMILES string of the molecule is CC1(C)C(NC=O)C(=O)N1OSOF. The molecule has 1 unspecified atom stereocenters. The summed E-state index contributed by atoms with van der Waals surface area (Å²) in [5.41, 5.74) is -0.719. The van der Waals surface area contributed by atoms with E-state index < -0.39 is 17.5 Å². The number of nitrogens with zero attached hydrogens (tertiary/aromatic N) is 1. The molecule has 1 rings (SSSR count). The van der Waals surface area contributed by atoms with Crippen molar-refractivity contribution in [2.75, 3.05) is 0 Å². The van der Waals surface area contributed by atoms with Gasteiger partial charge in [0.25, 0.3) is 5.91 Å². The van der Waals surface area contributed by atoms with Gasteiger partial charge in [0.2, 0.25) is 18.7 Å². The van der Waals surface area contributed by atoms with Crippen LogP contribution >= 0.6 is 12.3 Å². The topological polar surface area (TPSA) is 67.9 Å². The molecular formula is C6H9FN2O4S. The second kappa shape index (κ2) is 4.11. The van der Waals surface area contributed by atoms with Gasteiger partial charge in [-0.3, -0.25) is 9.59 Å². The number of β-lactam (4-membered cyclic amide) rings is 1. The Morgan fingerprint density at radius 2 is 2.36 bits per heavy atom. The summed E-state index contributed by atoms with van der Waals surface area (Å²) in [7, 11) is 0. The summed E-state index contributed by atoms with van der Waals surface area (Å²) in [6.45, 7) is 3.32. The lowest BCUT2D eigenvalue weighted by Crippen LogP contribution is -2.75. The first-order chi connectivity index (χ1) is 6.55. The Hall–Kier alpha value is -0.860. The molecule has 0 radical (unpaired) electrons. The van der Waals surface area contributed by atoms with E-state index in [-0.39, 0.29) is 12.3 Å². The minimum absolute atomic E-state index is 0.0405. The zero-order valence-electron chi connectivity index (χ0n) is 7.52. The zero-order chi connectivity index (χ0) is 10.8. The van der Waals surface area contributed by atoms with Gasteiger partial charge in [-0.1, -0.05) is 4.39 Å². The van der Waals surface area contributed by atoms with Crippen molar-refractivity contribution in [1.29, 1.82) is 0 Å². The Morgan fingerprint density at radius 3 is 2.79 bits per heavy atom. The van der Waals surface area contributed by atoms with Gasteiger partial charge in [-0.05, 0) is 18.4 Å². The number of hydrogen-bond acceptors (Lipinski definition) is 5. The fourth-order valence-corrected chi connectivity index (χ4v) is 1.62. The van der Waals surface area contributed by atoms with E-state index in [0.717, 1.165) is 5.06 Å². The third-order valence-corrected chi connectivity index (χ3v) is 2.30. The number of carbonyl (C=O) groups excluding carboxylic acids is 2. The molecule has 1 fully saturated rings. The Kier molecular flexibility index (Phi) is 3.29. The average Bonchev–Trinajstić information content (AvgIpc) is 2.14. The minimum Gasteiger partial charge on any atom is -0.345 e. The molecule has 0 aromatic carbocycles. The lowest BCUT2D eigenvalue weighted by Gasteiger charge is -2.50. The number of halogens is 1. The van der Waals surface area contributed by atoms with Crippen LogP contribution in [0, 0.1) is 0 Å². The highest BCUT2D eigenvalue weighted by Crippen LogP contribution is 2.33. The van der Waals surface area contributed by atoms with E-state index in [2.05, 4.69) is 14.0 Å². The molecule has 14 heavy (non-hydrogen) atoms. The van der Waals surface area contributed by atoms with Gasteiger partial charge < -0.3 is 5.32 Å². The van der Waals surface area contributed by atoms with Crippen LogP contribution in [0.1, 0.15) is 13.8 Å². The van der Waals surface area contributed by atoms with Crippen LogP contribution in [0.25, 0.3) is 0 Å². The number of rotatable bonds is 5. The van der Waals surface area contributed by atoms with Crippen LogP contribution in [0.2, 0.25) is 0 Å². The molecule has 80 valence electrons. The minimum atomic E-state index is -0.719. The van der Waals surface area contributed by atoms with Gasteiger partial charge in [0.15, 0.2) is 0 Å². The van der Waals surface area contributed by atoms with Crippen molar-refractivity contribution >= 4 is 24.6 Å². The van der Waals surface area contributed by atoms with Crippen LogP contribution in [0.5, 0.6) is 0 Å². The van der Waals surface area contributed by atoms with Gasteiger partial charge in [-0.15, -0.1) is 0 Å². The van der Waals surface area contributed by atoms with Crippen molar-refractivity contribution in [2.45, 2.75) is 25.4 Å². The van der Waals surface area contributed by atoms with E-state index in [9.17, 15) is 14.1 Å². The molecule has 0 saturated carbocycles. The summed E-state index contributed by atoms with van der Waals surface area (Å²) in [6, 6.07) is -0.653. The first-order valence-electron chi connectivity index (χ1n) is 3.71. The number of carbonyl (C=O) groups is 2. The maximum absolute atomic E-state index is 11.3. The molecule has 0 aliphatic carbocycles. The summed E-state index contributed by atoms with van der Waals surface area (Å²) in [4.78, 5) is 21.4. The Morgan fingerprint density at radius 1 is 1.71 bits per heavy atom. The summed E-state index contributed by atoms with van der Waals surface area (Å²) in [6.07, 6.45) is 0.431. The standard InChI is InChI=1S/C6H9FN2O4S/c1-6(2)4(8-3-10)5(11)9(6)13-14-12-7/h3-4H,1-2H3,(H,8,10). The van der Waals surface area contributed by atoms with E-state index in [4.69, 9.17) is 0 Å². The first kappa shape index (κ1) is 11.2. The van der Waals surface area contributed by atoms with Crippen LogP contribution in [-0.2, 0) is 18.3 Å². The molecular weight excluding hydrogens is 215 g/mol. The quantitative estimate of drug-likeness (QED) is 0.408. The Bertz CT molecular complexity index is 250. The average molecular weight is 224 g/mol. The third kappa shape index (κ3) is 1.68. The van der Waals surface area contributed by atoms with Gasteiger partial charge in [-0.25, -0.2) is 0 Å². The Balaban J connectivity index is 2.56. The highest BCUT2D eigenvalue weighted by Gasteiger charge is 2.56. The second-order valence-electron chi connectivity index (χ2n) is 3.21. The van der Waals surface area contributed by atoms with Crippen molar-refractivity contribution in [3.63, 3.8) is 0 Å². The molecule has 1 N–H and O–H groups in total. The molecule has 2 amide bonds. The first-order valence-corrected chi connectivity index (χ1v) is 4.38. The zero-order valence-corrected chi connectivity index (χ0v) is 8.34. The molecule has 1 aliphatic heterocycles. The van der Waals surface area contributed by atoms with Gasteiger partial charge >= 0.3 is 0 Å². The highest BCUT2D eigenvalue weighted by atomic mass is 32.2. The second-order valence-corrected chi connectivity index (χ2v) is 3.62. The monoisotopic (exact) mass is 224 g/mol. The van der Waals surface area contributed by atoms with Gasteiger partial charge in [-0.2, -0.15) is 9.35 Å². The number of amides is 2. The van der Waals surface area contributed by atoms with E-state index >= 15 is 0 Å². The molecule has 1 aliphatic rings. The maximum Gasteiger partial charge on any atom is 0.272 e. The van der Waals surface area contributed by atoms with Crippen molar-refractivity contribution in [3.8, 4) is 0 Å². The van der Waals surface area contributed by atoms with Crippen molar-refractivity contribution in [3.05, 3.63) is 0 Å². The van der Waals surface area contributed by atoms with Crippen LogP contribution in [-0.4, -0.2) is 29.0 Å². The lowest BCUT2D eigenvalue weighted by atomic mass is 9.85. The molecule has 1 saturated heterocycles. The molecule has 6 nitrogen and oxygen atoms in total. The third-order valence-electron chi connectivity index (χ3n) is 2.04. The van der Waals surface area contributed by atoms with Crippen LogP contribution in [0.15, 0.2) is 0 Å². The number of nitrogens with one attached hydrogen (secondary N) is 1. The molecule has 8 heteroatoms. The normalized spacial score (nSPS) is 24.4. The van der Waals surface area contributed by atoms with Crippen LogP contribution in [0.3, 0.4) is 0 Å². The highest BCUT2D eigenvalue weighted by molar-refractivity contribution is 7.89. The molecule has 0 bridgehead atoms. The van der Waals surface area contributed by atoms with E-state index in [0.29, 0.717) is 6.41 Å². The molecule has 1 heterocycles. The lowest BCUT2D eigenvalue weighted by molar-refractivity contribution is -0.216. The van der Waals surface area contributed by atoms with Gasteiger partial charge in [0.05, 0.1) is 5.54 Å². The van der Waals surface area contributed by atoms with Crippen molar-refractivity contribution in [1.82, 2.24) is 10.4 Å². The van der Waals surface area contributed by atoms with Crippen LogP contribution < -0.4 is 5.32 Å². The summed E-state index contributed by atoms with van der Waals surface area (Å²) >= 11 is 0.0405. The summed E-state index contributed by atoms with van der Waals surface area (Å²) in [5.74, 6) is -0.452. The van der Waals surface area contributed by atoms with Crippen molar-refractivity contribution in [2.24, 2.45) is 0 Å². The number of hydrogen-bond donors (Lipinski definition) is 1. The smallest absolute Gasteiger partial charge is 0.272 e. The fourth-order valence-electron chi connectivity index (χ4n) is 1.27. The Labute approximate surface area is 84.0 Å². The van der Waals surface area contributed by atoms with E-state index in [1.54, 1.807) is 13.8 Å². The largest absolute Gasteiger partial charge is 0.345 e. The predicted molar refractivity (Wildman–Crippen MR) is 44.8 cm³/mol. The maximum atomic E-state index is 11.3. The van der Waals surface area contributed by atoms with E-state index in [1.165, 1.54) is 0 Å². The van der Waals surface area contributed by atoms with Gasteiger partial charge in [0.1, 0.15) is 6.04 Å². The van der Waals surface area contributed by atoms with Gasteiger partial charge in [0, 0.05) is 0 Å². The van der Waals surface area contributed by atoms with E-state index in [1.807, 2.05) is 0 Å². The van der Waals surface area contributed by atoms with Crippen LogP contribution in [0.4, 0.5) is 4.53 Å². The predicted octanol–water partition coefficient (Wildman–Crippen LogP) is 0.118. The summed E-state index contributed by atoms with van der Waals surface area (Å²) in [5, 5.41) is 3.26. The number of hydroxylamine groups is 2. The molecule has 0 spiro atoms. The molecule has 1 atom stereocenters. The van der Waals surface area contributed by atoms with Crippen molar-refractivity contribution < 1.29 is 22.8 Å². The molecule has 0 aromatic rings. The fraction of sp³-hybridized carbons (Fsp3) is 0.667. The molecule has 0 aromatic heterocycles.